The van der Waals surface area contributed by atoms with Crippen LogP contribution in [-0.4, -0.2) is 45.3 Å². The summed E-state index contributed by atoms with van der Waals surface area (Å²) >= 11 is 5.94. The van der Waals surface area contributed by atoms with Gasteiger partial charge in [-0.15, -0.1) is 0 Å². The number of aromatic nitrogens is 2. The van der Waals surface area contributed by atoms with Crippen LogP contribution in [-0.2, 0) is 4.79 Å². The number of aliphatic carboxylic acids is 1. The third-order valence-electron chi connectivity index (χ3n) is 3.89. The minimum absolute atomic E-state index is 0.0404. The molecule has 7 heteroatoms. The average Bonchev–Trinajstić information content (AvgIpc) is 2.99. The van der Waals surface area contributed by atoms with Gasteiger partial charge in [0.2, 0.25) is 0 Å². The minimum atomic E-state index is -0.862. The van der Waals surface area contributed by atoms with Crippen molar-refractivity contribution < 1.29 is 14.7 Å². The highest BCUT2D eigenvalue weighted by Gasteiger charge is 2.23. The van der Waals surface area contributed by atoms with E-state index in [-0.39, 0.29) is 18.2 Å². The van der Waals surface area contributed by atoms with E-state index in [0.29, 0.717) is 23.6 Å². The molecule has 0 saturated carbocycles. The van der Waals surface area contributed by atoms with Gasteiger partial charge in [-0.05, 0) is 36.6 Å². The summed E-state index contributed by atoms with van der Waals surface area (Å²) < 4.78 is 1.75. The maximum absolute atomic E-state index is 12.7. The summed E-state index contributed by atoms with van der Waals surface area (Å²) in [6.45, 7) is 4.39. The van der Waals surface area contributed by atoms with E-state index in [2.05, 4.69) is 5.10 Å². The number of hydrogen-bond donors (Lipinski definition) is 1. The fraction of sp³-hybridized carbons (Fsp3) is 0.389. The maximum atomic E-state index is 12.7. The van der Waals surface area contributed by atoms with Crippen LogP contribution in [0.15, 0.2) is 30.5 Å². The first-order valence-electron chi connectivity index (χ1n) is 8.12. The number of benzene rings is 1. The molecule has 0 spiro atoms. The van der Waals surface area contributed by atoms with Crippen molar-refractivity contribution in [3.8, 4) is 5.69 Å². The van der Waals surface area contributed by atoms with Crippen molar-refractivity contribution in [2.75, 3.05) is 13.6 Å². The summed E-state index contributed by atoms with van der Waals surface area (Å²) in [5.41, 5.74) is 2.18. The third kappa shape index (κ3) is 4.60. The van der Waals surface area contributed by atoms with E-state index in [4.69, 9.17) is 16.7 Å². The molecule has 0 unspecified atom stereocenters. The molecule has 0 radical (unpaired) electrons. The topological polar surface area (TPSA) is 75.4 Å². The van der Waals surface area contributed by atoms with Gasteiger partial charge in [0.05, 0.1) is 23.1 Å². The molecule has 134 valence electrons. The molecule has 0 aliphatic heterocycles. The number of amides is 1. The van der Waals surface area contributed by atoms with E-state index in [1.54, 1.807) is 30.1 Å². The monoisotopic (exact) mass is 363 g/mol. The molecule has 0 aliphatic rings. The number of rotatable bonds is 7. The molecule has 0 fully saturated rings. The molecule has 1 N–H and O–H groups in total. The molecule has 0 bridgehead atoms. The molecular weight excluding hydrogens is 342 g/mol. The van der Waals surface area contributed by atoms with Crippen LogP contribution in [0.3, 0.4) is 0 Å². The molecule has 1 amide bonds. The fourth-order valence-electron chi connectivity index (χ4n) is 2.64. The highest BCUT2D eigenvalue weighted by molar-refractivity contribution is 6.30. The number of halogens is 1. The quantitative estimate of drug-likeness (QED) is 0.815. The molecule has 2 rings (SSSR count). The smallest absolute Gasteiger partial charge is 0.303 e. The van der Waals surface area contributed by atoms with Gasteiger partial charge in [-0.1, -0.05) is 25.4 Å². The zero-order chi connectivity index (χ0) is 18.6. The van der Waals surface area contributed by atoms with Gasteiger partial charge in [0, 0.05) is 25.0 Å². The third-order valence-corrected chi connectivity index (χ3v) is 4.14. The van der Waals surface area contributed by atoms with Crippen molar-refractivity contribution in [3.05, 3.63) is 46.7 Å². The largest absolute Gasteiger partial charge is 0.481 e. The van der Waals surface area contributed by atoms with E-state index in [1.807, 2.05) is 26.0 Å². The van der Waals surface area contributed by atoms with Crippen LogP contribution in [0.4, 0.5) is 0 Å². The molecule has 2 aromatic rings. The van der Waals surface area contributed by atoms with E-state index in [0.717, 1.165) is 11.4 Å². The standard InChI is InChI=1S/C18H22ClN3O3/c1-12(2)17-15(18(25)21(3)10-4-5-16(23)24)11-20-22(17)14-8-6-13(19)7-9-14/h6-9,11-12H,4-5,10H2,1-3H3,(H,23,24). The molecule has 6 nitrogen and oxygen atoms in total. The predicted octanol–water partition coefficient (Wildman–Crippen LogP) is 3.59. The van der Waals surface area contributed by atoms with Crippen molar-refractivity contribution in [2.45, 2.75) is 32.6 Å². The van der Waals surface area contributed by atoms with Crippen LogP contribution < -0.4 is 0 Å². The van der Waals surface area contributed by atoms with Crippen molar-refractivity contribution >= 4 is 23.5 Å². The van der Waals surface area contributed by atoms with E-state index < -0.39 is 5.97 Å². The van der Waals surface area contributed by atoms with Gasteiger partial charge < -0.3 is 10.0 Å². The van der Waals surface area contributed by atoms with Crippen LogP contribution in [0.2, 0.25) is 5.02 Å². The number of carbonyl (C=O) groups excluding carboxylic acids is 1. The number of nitrogens with zero attached hydrogens (tertiary/aromatic N) is 3. The van der Waals surface area contributed by atoms with Crippen molar-refractivity contribution in [1.82, 2.24) is 14.7 Å². The molecular formula is C18H22ClN3O3. The van der Waals surface area contributed by atoms with Crippen molar-refractivity contribution in [2.24, 2.45) is 0 Å². The van der Waals surface area contributed by atoms with E-state index in [9.17, 15) is 9.59 Å². The Hall–Kier alpha value is -2.34. The Kier molecular flexibility index (Phi) is 6.20. The molecule has 0 saturated heterocycles. The first kappa shape index (κ1) is 19.0. The lowest BCUT2D eigenvalue weighted by atomic mass is 10.0. The van der Waals surface area contributed by atoms with Crippen LogP contribution >= 0.6 is 11.6 Å². The summed E-state index contributed by atoms with van der Waals surface area (Å²) in [6.07, 6.45) is 2.03. The molecule has 0 atom stereocenters. The molecule has 1 heterocycles. The first-order chi connectivity index (χ1) is 11.8. The van der Waals surface area contributed by atoms with Crippen LogP contribution in [0, 0.1) is 0 Å². The normalized spacial score (nSPS) is 10.9. The Balaban J connectivity index is 2.27. The Morgan fingerprint density at radius 1 is 1.28 bits per heavy atom. The minimum Gasteiger partial charge on any atom is -0.481 e. The van der Waals surface area contributed by atoms with Crippen molar-refractivity contribution in [3.63, 3.8) is 0 Å². The zero-order valence-corrected chi connectivity index (χ0v) is 15.3. The average molecular weight is 364 g/mol. The summed E-state index contributed by atoms with van der Waals surface area (Å²) in [5.74, 6) is -0.932. The Morgan fingerprint density at radius 3 is 2.48 bits per heavy atom. The Bertz CT molecular complexity index is 753. The number of carbonyl (C=O) groups is 2. The highest BCUT2D eigenvalue weighted by atomic mass is 35.5. The lowest BCUT2D eigenvalue weighted by Gasteiger charge is -2.18. The van der Waals surface area contributed by atoms with E-state index in [1.165, 1.54) is 4.90 Å². The molecule has 1 aromatic carbocycles. The molecule has 1 aromatic heterocycles. The number of carboxylic acid groups (broad SMARTS) is 1. The lowest BCUT2D eigenvalue weighted by Crippen LogP contribution is -2.29. The summed E-state index contributed by atoms with van der Waals surface area (Å²) in [4.78, 5) is 24.9. The highest BCUT2D eigenvalue weighted by Crippen LogP contribution is 2.25. The lowest BCUT2D eigenvalue weighted by molar-refractivity contribution is -0.137. The summed E-state index contributed by atoms with van der Waals surface area (Å²) in [6, 6.07) is 7.27. The number of hydrogen-bond acceptors (Lipinski definition) is 3. The van der Waals surface area contributed by atoms with Gasteiger partial charge in [-0.25, -0.2) is 4.68 Å². The second kappa shape index (κ2) is 8.16. The van der Waals surface area contributed by atoms with Gasteiger partial charge in [-0.3, -0.25) is 9.59 Å². The fourth-order valence-corrected chi connectivity index (χ4v) is 2.77. The van der Waals surface area contributed by atoms with Crippen LogP contribution in [0.5, 0.6) is 0 Å². The van der Waals surface area contributed by atoms with Crippen molar-refractivity contribution in [1.29, 1.82) is 0 Å². The second-order valence-corrected chi connectivity index (χ2v) is 6.65. The second-order valence-electron chi connectivity index (χ2n) is 6.21. The zero-order valence-electron chi connectivity index (χ0n) is 14.6. The summed E-state index contributed by atoms with van der Waals surface area (Å²) in [7, 11) is 1.67. The number of carboxylic acids is 1. The molecule has 0 aliphatic carbocycles. The molecule has 25 heavy (non-hydrogen) atoms. The van der Waals surface area contributed by atoms with Crippen LogP contribution in [0.1, 0.15) is 48.7 Å². The maximum Gasteiger partial charge on any atom is 0.303 e. The van der Waals surface area contributed by atoms with Gasteiger partial charge in [0.25, 0.3) is 5.91 Å². The van der Waals surface area contributed by atoms with Gasteiger partial charge >= 0.3 is 5.97 Å². The summed E-state index contributed by atoms with van der Waals surface area (Å²) in [5, 5.41) is 13.7. The van der Waals surface area contributed by atoms with Gasteiger partial charge in [0.1, 0.15) is 0 Å². The van der Waals surface area contributed by atoms with Crippen LogP contribution in [0.25, 0.3) is 5.69 Å². The Morgan fingerprint density at radius 2 is 1.92 bits per heavy atom. The predicted molar refractivity (Wildman–Crippen MR) is 96.5 cm³/mol. The SMILES string of the molecule is CC(C)c1c(C(=O)N(C)CCCC(=O)O)cnn1-c1ccc(Cl)cc1. The van der Waals surface area contributed by atoms with E-state index >= 15 is 0 Å². The first-order valence-corrected chi connectivity index (χ1v) is 8.50. The Labute approximate surface area is 152 Å². The van der Waals surface area contributed by atoms with Gasteiger partial charge in [0.15, 0.2) is 0 Å². The van der Waals surface area contributed by atoms with Gasteiger partial charge in [-0.2, -0.15) is 5.10 Å².